The van der Waals surface area contributed by atoms with Crippen LogP contribution in [0, 0.1) is 17.3 Å². The van der Waals surface area contributed by atoms with E-state index in [1.165, 1.54) is 11.0 Å². The highest BCUT2D eigenvalue weighted by Crippen LogP contribution is 2.46. The number of likely N-dealkylation sites (tertiary alicyclic amines) is 3. The number of pyridine rings is 1. The van der Waals surface area contributed by atoms with Crippen LogP contribution in [0.25, 0.3) is 22.2 Å². The van der Waals surface area contributed by atoms with Gasteiger partial charge in [-0.1, -0.05) is 57.2 Å². The first kappa shape index (κ1) is 45.8. The molecule has 8 rings (SSSR count). The first-order valence-electron chi connectivity index (χ1n) is 22.4. The lowest BCUT2D eigenvalue weighted by atomic mass is 9.77. The van der Waals surface area contributed by atoms with Crippen molar-refractivity contribution in [3.8, 4) is 22.8 Å². The number of hydrogen-bond donors (Lipinski definition) is 2. The normalized spacial score (nSPS) is 25.5. The van der Waals surface area contributed by atoms with Gasteiger partial charge in [-0.15, -0.1) is 6.58 Å². The number of nitrogens with zero attached hydrogens (tertiary/aromatic N) is 4. The van der Waals surface area contributed by atoms with Gasteiger partial charge in [-0.2, -0.15) is 0 Å². The van der Waals surface area contributed by atoms with Gasteiger partial charge in [0.15, 0.2) is 0 Å². The van der Waals surface area contributed by atoms with Crippen LogP contribution < -0.4 is 19.5 Å². The van der Waals surface area contributed by atoms with Crippen LogP contribution in [0.5, 0.6) is 11.5 Å². The van der Waals surface area contributed by atoms with Gasteiger partial charge in [-0.3, -0.25) is 23.9 Å². The lowest BCUT2D eigenvalue weighted by molar-refractivity contribution is -0.149. The molecule has 2 bridgehead atoms. The maximum Gasteiger partial charge on any atom is 0.410 e. The summed E-state index contributed by atoms with van der Waals surface area (Å²) in [7, 11) is -2.37. The Morgan fingerprint density at radius 2 is 1.62 bits per heavy atom. The summed E-state index contributed by atoms with van der Waals surface area (Å²) in [6.45, 7) is 15.5. The Bertz CT molecular complexity index is 2520. The first-order chi connectivity index (χ1) is 30.6. The number of rotatable bonds is 13. The molecule has 348 valence electrons. The van der Waals surface area contributed by atoms with Crippen molar-refractivity contribution in [2.24, 2.45) is 17.3 Å². The van der Waals surface area contributed by atoms with E-state index < -0.39 is 79.6 Å². The van der Waals surface area contributed by atoms with Crippen LogP contribution >= 0.6 is 0 Å². The van der Waals surface area contributed by atoms with Crippen LogP contribution in [-0.4, -0.2) is 125 Å². The number of benzene rings is 2. The lowest BCUT2D eigenvalue weighted by Crippen LogP contribution is -2.57. The van der Waals surface area contributed by atoms with Gasteiger partial charge in [0.05, 0.1) is 48.1 Å². The molecular weight excluding hydrogens is 853 g/mol. The number of sulfonamides is 1. The third kappa shape index (κ3) is 9.38. The highest BCUT2D eigenvalue weighted by Gasteiger charge is 2.62. The zero-order valence-electron chi connectivity index (χ0n) is 38.2. The molecule has 5 aliphatic rings. The van der Waals surface area contributed by atoms with Gasteiger partial charge >= 0.3 is 6.09 Å². The standard InChI is InChI=1S/C48H60N6O10S/c1-9-29-24-48(29,44(58)51-65(60,61)34-16-17-34)50-42(56)39-21-33(63-40-23-37(28-13-11-10-12-14-28)49-38-20-32(62-8)15-18-35(38)40)27-54(39)43(57)36(46(2,3)4)22-41(55)52-25-31-19-30(52)26-53(31)45(59)64-47(5,6)7/h9-15,18,20,23,29-31,33-34,36,39H,1,16-17,19,21-22,24-27H2,2-8H3,(H,50,56)(H,51,58)/t29-,30+,31+,33-,36-,39+,48-/m1/s1. The van der Waals surface area contributed by atoms with Crippen LogP contribution in [0.3, 0.4) is 0 Å². The fourth-order valence-electron chi connectivity index (χ4n) is 9.50. The van der Waals surface area contributed by atoms with Gasteiger partial charge in [0, 0.05) is 54.9 Å². The third-order valence-electron chi connectivity index (χ3n) is 13.4. The molecule has 16 nitrogen and oxygen atoms in total. The number of carbonyl (C=O) groups excluding carboxylic acids is 5. The van der Waals surface area contributed by atoms with Gasteiger partial charge in [-0.05, 0) is 64.0 Å². The van der Waals surface area contributed by atoms with Crippen LogP contribution in [0.1, 0.15) is 80.1 Å². The maximum atomic E-state index is 15.2. The van der Waals surface area contributed by atoms with Crippen LogP contribution in [-0.2, 0) is 33.9 Å². The third-order valence-corrected chi connectivity index (χ3v) is 15.2. The molecule has 17 heteroatoms. The molecule has 3 saturated heterocycles. The minimum atomic E-state index is -3.94. The van der Waals surface area contributed by atoms with Crippen LogP contribution in [0.15, 0.2) is 67.3 Å². The van der Waals surface area contributed by atoms with E-state index in [9.17, 15) is 27.6 Å². The molecule has 0 spiro atoms. The van der Waals surface area contributed by atoms with E-state index in [1.807, 2.05) is 84.0 Å². The van der Waals surface area contributed by atoms with Crippen molar-refractivity contribution in [3.63, 3.8) is 0 Å². The topological polar surface area (TPSA) is 194 Å². The molecule has 4 heterocycles. The van der Waals surface area contributed by atoms with Gasteiger partial charge in [0.2, 0.25) is 27.7 Å². The summed E-state index contributed by atoms with van der Waals surface area (Å²) in [6, 6.07) is 15.3. The van der Waals surface area contributed by atoms with E-state index in [0.717, 1.165) is 5.56 Å². The maximum absolute atomic E-state index is 15.2. The van der Waals surface area contributed by atoms with Crippen molar-refractivity contribution in [2.45, 2.75) is 121 Å². The second-order valence-corrected chi connectivity index (χ2v) is 22.2. The number of fused-ring (bicyclic) bond motifs is 3. The molecule has 5 fully saturated rings. The van der Waals surface area contributed by atoms with Crippen molar-refractivity contribution in [1.29, 1.82) is 0 Å². The van der Waals surface area contributed by atoms with Crippen LogP contribution in [0.4, 0.5) is 4.79 Å². The number of piperazine rings is 1. The summed E-state index contributed by atoms with van der Waals surface area (Å²) in [4.78, 5) is 80.7. The van der Waals surface area contributed by atoms with E-state index in [-0.39, 0.29) is 43.8 Å². The number of aromatic nitrogens is 1. The molecular formula is C48H60N6O10S. The van der Waals surface area contributed by atoms with Crippen molar-refractivity contribution in [1.82, 2.24) is 29.7 Å². The second kappa shape index (κ2) is 16.9. The van der Waals surface area contributed by atoms with Gasteiger partial charge in [-0.25, -0.2) is 18.2 Å². The molecule has 7 atom stereocenters. The van der Waals surface area contributed by atoms with Gasteiger partial charge in [0.25, 0.3) is 5.91 Å². The lowest BCUT2D eigenvalue weighted by Gasteiger charge is -2.38. The number of methoxy groups -OCH3 is 1. The smallest absolute Gasteiger partial charge is 0.410 e. The van der Waals surface area contributed by atoms with E-state index in [4.69, 9.17) is 19.2 Å². The van der Waals surface area contributed by atoms with Crippen molar-refractivity contribution in [3.05, 3.63) is 67.3 Å². The molecule has 65 heavy (non-hydrogen) atoms. The number of ether oxygens (including phenoxy) is 3. The van der Waals surface area contributed by atoms with Gasteiger partial charge < -0.3 is 34.2 Å². The summed E-state index contributed by atoms with van der Waals surface area (Å²) >= 11 is 0. The Labute approximate surface area is 380 Å². The SMILES string of the molecule is C=C[C@@H]1C[C@]1(NC(=O)[C@@H]1C[C@@H](Oc2cc(-c3ccccc3)nc3cc(OC)ccc23)CN1C(=O)[C@@H](CC(=O)N1C[C@@H]2C[C@H]1CN2C(=O)OC(C)(C)C)C(C)(C)C)C(=O)NS(=O)(=O)C1CC1. The molecule has 3 aliphatic heterocycles. The molecule has 2 aliphatic carbocycles. The Hall–Kier alpha value is -5.71. The first-order valence-corrected chi connectivity index (χ1v) is 24.0. The monoisotopic (exact) mass is 912 g/mol. The highest BCUT2D eigenvalue weighted by molar-refractivity contribution is 7.91. The Balaban J connectivity index is 1.08. The average molecular weight is 913 g/mol. The van der Waals surface area contributed by atoms with Crippen molar-refractivity contribution < 1.29 is 46.6 Å². The number of amides is 5. The summed E-state index contributed by atoms with van der Waals surface area (Å²) in [5.41, 5.74) is -0.906. The number of hydrogen-bond acceptors (Lipinski definition) is 11. The van der Waals surface area contributed by atoms with E-state index in [0.29, 0.717) is 60.4 Å². The molecule has 5 amide bonds. The predicted molar refractivity (Wildman–Crippen MR) is 242 cm³/mol. The number of nitrogens with one attached hydrogen (secondary N) is 2. The summed E-state index contributed by atoms with van der Waals surface area (Å²) in [5.74, 6) is -2.52. The second-order valence-electron chi connectivity index (χ2n) is 20.3. The van der Waals surface area contributed by atoms with Crippen LogP contribution in [0.2, 0.25) is 0 Å². The Morgan fingerprint density at radius 3 is 2.22 bits per heavy atom. The van der Waals surface area contributed by atoms with Gasteiger partial charge in [0.1, 0.15) is 34.8 Å². The fourth-order valence-corrected chi connectivity index (χ4v) is 10.9. The van der Waals surface area contributed by atoms with E-state index in [1.54, 1.807) is 29.0 Å². The predicted octanol–water partition coefficient (Wildman–Crippen LogP) is 5.20. The molecule has 3 aromatic rings. The van der Waals surface area contributed by atoms with E-state index in [2.05, 4.69) is 16.6 Å². The van der Waals surface area contributed by atoms with E-state index >= 15 is 4.79 Å². The highest BCUT2D eigenvalue weighted by atomic mass is 32.2. The molecule has 2 N–H and O–H groups in total. The van der Waals surface area contributed by atoms with Crippen molar-refractivity contribution in [2.75, 3.05) is 26.7 Å². The minimum absolute atomic E-state index is 0.0240. The Morgan fingerprint density at radius 1 is 0.923 bits per heavy atom. The molecule has 0 unspecified atom stereocenters. The molecule has 1 aromatic heterocycles. The Kier molecular flexibility index (Phi) is 11.9. The number of carbonyl (C=O) groups is 5. The molecule has 2 aromatic carbocycles. The van der Waals surface area contributed by atoms with Crippen molar-refractivity contribution >= 4 is 50.6 Å². The quantitative estimate of drug-likeness (QED) is 0.214. The zero-order valence-corrected chi connectivity index (χ0v) is 39.0. The average Bonchev–Trinajstić information content (AvgIpc) is 4.10. The summed E-state index contributed by atoms with van der Waals surface area (Å²) in [6.07, 6.45) is 1.88. The summed E-state index contributed by atoms with van der Waals surface area (Å²) in [5, 5.41) is 2.88. The molecule has 2 saturated carbocycles. The largest absolute Gasteiger partial charge is 0.497 e. The molecule has 0 radical (unpaired) electrons. The zero-order chi connectivity index (χ0) is 46.8. The minimum Gasteiger partial charge on any atom is -0.497 e. The summed E-state index contributed by atoms with van der Waals surface area (Å²) < 4.78 is 45.9. The fraction of sp³-hybridized carbons (Fsp3) is 0.542.